The topological polar surface area (TPSA) is 12.0 Å². The average Bonchev–Trinajstić information content (AvgIpc) is 2.00. The van der Waals surface area contributed by atoms with Gasteiger partial charge in [0, 0.05) is 6.04 Å². The molecule has 1 aromatic rings. The zero-order valence-electron chi connectivity index (χ0n) is 9.30. The van der Waals surface area contributed by atoms with Crippen LogP contribution >= 0.6 is 0 Å². The van der Waals surface area contributed by atoms with E-state index in [1.54, 1.807) is 0 Å². The molecule has 76 valence electrons. The fourth-order valence-electron chi connectivity index (χ4n) is 2.04. The SMILES string of the molecule is CC(C)(C)c1ccccc1[C@@H]1CCN1. The zero-order chi connectivity index (χ0) is 10.2. The summed E-state index contributed by atoms with van der Waals surface area (Å²) in [6, 6.07) is 9.41. The highest BCUT2D eigenvalue weighted by atomic mass is 15.0. The Bertz CT molecular complexity index is 318. The molecule has 1 N–H and O–H groups in total. The summed E-state index contributed by atoms with van der Waals surface area (Å²) in [5.41, 5.74) is 3.23. The maximum Gasteiger partial charge on any atom is 0.0335 e. The van der Waals surface area contributed by atoms with Crippen LogP contribution in [0.4, 0.5) is 0 Å². The summed E-state index contributed by atoms with van der Waals surface area (Å²) in [5.74, 6) is 0. The minimum absolute atomic E-state index is 0.258. The van der Waals surface area contributed by atoms with Crippen LogP contribution in [-0.2, 0) is 5.41 Å². The van der Waals surface area contributed by atoms with Crippen LogP contribution in [-0.4, -0.2) is 6.54 Å². The lowest BCUT2D eigenvalue weighted by molar-refractivity contribution is 0.376. The molecular formula is C13H19N. The van der Waals surface area contributed by atoms with Gasteiger partial charge < -0.3 is 5.32 Å². The Kier molecular flexibility index (Phi) is 2.36. The normalized spacial score (nSPS) is 21.8. The van der Waals surface area contributed by atoms with Gasteiger partial charge in [0.2, 0.25) is 0 Å². The highest BCUT2D eigenvalue weighted by Crippen LogP contribution is 2.33. The molecule has 14 heavy (non-hydrogen) atoms. The van der Waals surface area contributed by atoms with Gasteiger partial charge in [0.05, 0.1) is 0 Å². The molecule has 0 aromatic heterocycles. The summed E-state index contributed by atoms with van der Waals surface area (Å²) in [6.45, 7) is 8.02. The van der Waals surface area contributed by atoms with Gasteiger partial charge >= 0.3 is 0 Å². The number of nitrogens with one attached hydrogen (secondary N) is 1. The maximum atomic E-state index is 3.47. The third-order valence-electron chi connectivity index (χ3n) is 2.97. The van der Waals surface area contributed by atoms with Gasteiger partial charge in [-0.2, -0.15) is 0 Å². The molecule has 0 aliphatic carbocycles. The smallest absolute Gasteiger partial charge is 0.0335 e. The fourth-order valence-corrected chi connectivity index (χ4v) is 2.04. The van der Waals surface area contributed by atoms with Crippen LogP contribution in [0.15, 0.2) is 24.3 Å². The third kappa shape index (κ3) is 1.69. The van der Waals surface area contributed by atoms with Crippen molar-refractivity contribution in [2.24, 2.45) is 0 Å². The molecule has 1 aliphatic rings. The molecule has 0 radical (unpaired) electrons. The van der Waals surface area contributed by atoms with Gasteiger partial charge in [-0.1, -0.05) is 45.0 Å². The second-order valence-electron chi connectivity index (χ2n) is 5.13. The van der Waals surface area contributed by atoms with Crippen molar-refractivity contribution in [2.75, 3.05) is 6.54 Å². The summed E-state index contributed by atoms with van der Waals surface area (Å²) in [7, 11) is 0. The van der Waals surface area contributed by atoms with E-state index < -0.39 is 0 Å². The average molecular weight is 189 g/mol. The molecule has 2 rings (SSSR count). The van der Waals surface area contributed by atoms with Crippen LogP contribution in [0.1, 0.15) is 44.4 Å². The van der Waals surface area contributed by atoms with E-state index in [4.69, 9.17) is 0 Å². The van der Waals surface area contributed by atoms with Gasteiger partial charge in [-0.05, 0) is 29.5 Å². The lowest BCUT2D eigenvalue weighted by Gasteiger charge is -2.33. The van der Waals surface area contributed by atoms with Gasteiger partial charge in [-0.25, -0.2) is 0 Å². The largest absolute Gasteiger partial charge is 0.310 e. The minimum atomic E-state index is 0.258. The van der Waals surface area contributed by atoms with Gasteiger partial charge in [0.15, 0.2) is 0 Å². The Balaban J connectivity index is 2.38. The van der Waals surface area contributed by atoms with Gasteiger partial charge in [0.25, 0.3) is 0 Å². The summed E-state index contributed by atoms with van der Waals surface area (Å²) in [5, 5.41) is 3.47. The van der Waals surface area contributed by atoms with Crippen molar-refractivity contribution in [1.82, 2.24) is 5.32 Å². The predicted molar refractivity (Wildman–Crippen MR) is 60.5 cm³/mol. The van der Waals surface area contributed by atoms with E-state index in [1.165, 1.54) is 24.1 Å². The summed E-state index contributed by atoms with van der Waals surface area (Å²) in [6.07, 6.45) is 1.28. The Morgan fingerprint density at radius 3 is 2.36 bits per heavy atom. The highest BCUT2D eigenvalue weighted by Gasteiger charge is 2.25. The van der Waals surface area contributed by atoms with Crippen molar-refractivity contribution in [3.05, 3.63) is 35.4 Å². The first-order chi connectivity index (χ1) is 6.59. The standard InChI is InChI=1S/C13H19N/c1-13(2,3)11-7-5-4-6-10(11)12-8-9-14-12/h4-7,12,14H,8-9H2,1-3H3/t12-/m0/s1. The van der Waals surface area contributed by atoms with Crippen LogP contribution in [0.5, 0.6) is 0 Å². The third-order valence-corrected chi connectivity index (χ3v) is 2.97. The molecule has 1 saturated heterocycles. The number of rotatable bonds is 1. The molecular weight excluding hydrogens is 170 g/mol. The fraction of sp³-hybridized carbons (Fsp3) is 0.538. The van der Waals surface area contributed by atoms with Crippen LogP contribution in [0.3, 0.4) is 0 Å². The molecule has 1 aliphatic heterocycles. The van der Waals surface area contributed by atoms with Crippen molar-refractivity contribution in [3.8, 4) is 0 Å². The summed E-state index contributed by atoms with van der Waals surface area (Å²) in [4.78, 5) is 0. The predicted octanol–water partition coefficient (Wildman–Crippen LogP) is 3.02. The van der Waals surface area contributed by atoms with E-state index in [0.29, 0.717) is 6.04 Å². The monoisotopic (exact) mass is 189 g/mol. The van der Waals surface area contributed by atoms with Gasteiger partial charge in [-0.15, -0.1) is 0 Å². The second-order valence-corrected chi connectivity index (χ2v) is 5.13. The van der Waals surface area contributed by atoms with E-state index in [2.05, 4.69) is 50.4 Å². The van der Waals surface area contributed by atoms with Crippen LogP contribution in [0.25, 0.3) is 0 Å². The molecule has 0 spiro atoms. The van der Waals surface area contributed by atoms with Crippen LogP contribution < -0.4 is 5.32 Å². The van der Waals surface area contributed by atoms with Gasteiger partial charge in [-0.3, -0.25) is 0 Å². The molecule has 0 unspecified atom stereocenters. The van der Waals surface area contributed by atoms with E-state index in [-0.39, 0.29) is 5.41 Å². The number of hydrogen-bond donors (Lipinski definition) is 1. The van der Waals surface area contributed by atoms with Crippen molar-refractivity contribution in [3.63, 3.8) is 0 Å². The van der Waals surface area contributed by atoms with E-state index in [0.717, 1.165) is 0 Å². The molecule has 0 saturated carbocycles. The van der Waals surface area contributed by atoms with Crippen molar-refractivity contribution < 1.29 is 0 Å². The Labute approximate surface area is 86.5 Å². The first-order valence-electron chi connectivity index (χ1n) is 5.42. The lowest BCUT2D eigenvalue weighted by atomic mass is 9.80. The summed E-state index contributed by atoms with van der Waals surface area (Å²) < 4.78 is 0. The first kappa shape index (κ1) is 9.72. The first-order valence-corrected chi connectivity index (χ1v) is 5.42. The minimum Gasteiger partial charge on any atom is -0.310 e. The highest BCUT2D eigenvalue weighted by molar-refractivity contribution is 5.36. The van der Waals surface area contributed by atoms with E-state index in [1.807, 2.05) is 0 Å². The van der Waals surface area contributed by atoms with Gasteiger partial charge in [0.1, 0.15) is 0 Å². The lowest BCUT2D eigenvalue weighted by Crippen LogP contribution is -2.36. The quantitative estimate of drug-likeness (QED) is 0.716. The molecule has 1 nitrogen and oxygen atoms in total. The van der Waals surface area contributed by atoms with Crippen LogP contribution in [0.2, 0.25) is 0 Å². The number of benzene rings is 1. The Hall–Kier alpha value is -0.820. The molecule has 1 atom stereocenters. The molecule has 0 amide bonds. The van der Waals surface area contributed by atoms with Crippen molar-refractivity contribution in [1.29, 1.82) is 0 Å². The van der Waals surface area contributed by atoms with E-state index >= 15 is 0 Å². The van der Waals surface area contributed by atoms with Crippen LogP contribution in [0, 0.1) is 0 Å². The summed E-state index contributed by atoms with van der Waals surface area (Å²) >= 11 is 0. The Morgan fingerprint density at radius 2 is 1.86 bits per heavy atom. The van der Waals surface area contributed by atoms with E-state index in [9.17, 15) is 0 Å². The molecule has 1 heteroatoms. The molecule has 0 bridgehead atoms. The Morgan fingerprint density at radius 1 is 1.21 bits per heavy atom. The molecule has 1 fully saturated rings. The zero-order valence-corrected chi connectivity index (χ0v) is 9.30. The van der Waals surface area contributed by atoms with Crippen molar-refractivity contribution in [2.45, 2.75) is 38.6 Å². The second kappa shape index (κ2) is 3.39. The molecule has 1 aromatic carbocycles. The van der Waals surface area contributed by atoms with Crippen molar-refractivity contribution >= 4 is 0 Å². The maximum absolute atomic E-state index is 3.47. The molecule has 1 heterocycles. The number of hydrogen-bond acceptors (Lipinski definition) is 1.